The SMILES string of the molecule is CCCc1conc1NC(=O)c1ccc(C)cc1C. The summed E-state index contributed by atoms with van der Waals surface area (Å²) in [7, 11) is 0. The average molecular weight is 258 g/mol. The van der Waals surface area contributed by atoms with Crippen molar-refractivity contribution >= 4 is 11.7 Å². The fraction of sp³-hybridized carbons (Fsp3) is 0.333. The molecule has 1 aromatic carbocycles. The molecule has 0 aliphatic rings. The van der Waals surface area contributed by atoms with Gasteiger partial charge in [-0.05, 0) is 31.9 Å². The zero-order valence-corrected chi connectivity index (χ0v) is 11.5. The number of hydrogen-bond donors (Lipinski definition) is 1. The molecule has 19 heavy (non-hydrogen) atoms. The van der Waals surface area contributed by atoms with E-state index in [0.717, 1.165) is 29.5 Å². The van der Waals surface area contributed by atoms with Crippen LogP contribution in [0.2, 0.25) is 0 Å². The van der Waals surface area contributed by atoms with Gasteiger partial charge >= 0.3 is 0 Å². The second-order valence-corrected chi connectivity index (χ2v) is 4.71. The van der Waals surface area contributed by atoms with Gasteiger partial charge in [-0.2, -0.15) is 0 Å². The van der Waals surface area contributed by atoms with Crippen LogP contribution in [0.15, 0.2) is 29.0 Å². The van der Waals surface area contributed by atoms with Gasteiger partial charge in [0.15, 0.2) is 5.82 Å². The zero-order valence-electron chi connectivity index (χ0n) is 11.5. The highest BCUT2D eigenvalue weighted by Crippen LogP contribution is 2.17. The topological polar surface area (TPSA) is 55.1 Å². The standard InChI is InChI=1S/C15H18N2O2/c1-4-5-12-9-19-17-14(12)16-15(18)13-7-6-10(2)8-11(13)3/h6-9H,4-5H2,1-3H3,(H,16,17,18). The maximum Gasteiger partial charge on any atom is 0.257 e. The lowest BCUT2D eigenvalue weighted by molar-refractivity contribution is 0.102. The Morgan fingerprint density at radius 1 is 1.37 bits per heavy atom. The molecule has 0 saturated carbocycles. The maximum absolute atomic E-state index is 12.2. The Kier molecular flexibility index (Phi) is 4.00. The highest BCUT2D eigenvalue weighted by atomic mass is 16.5. The van der Waals surface area contributed by atoms with Crippen LogP contribution in [0.25, 0.3) is 0 Å². The molecular weight excluding hydrogens is 240 g/mol. The normalized spacial score (nSPS) is 10.5. The van der Waals surface area contributed by atoms with Crippen LogP contribution in [0.3, 0.4) is 0 Å². The van der Waals surface area contributed by atoms with Crippen molar-refractivity contribution in [3.05, 3.63) is 46.7 Å². The Hall–Kier alpha value is -2.10. The molecule has 1 amide bonds. The Morgan fingerprint density at radius 3 is 2.84 bits per heavy atom. The number of aromatic nitrogens is 1. The van der Waals surface area contributed by atoms with Gasteiger partial charge in [-0.15, -0.1) is 0 Å². The fourth-order valence-electron chi connectivity index (χ4n) is 2.05. The molecule has 0 saturated heterocycles. The smallest absolute Gasteiger partial charge is 0.257 e. The predicted molar refractivity (Wildman–Crippen MR) is 74.4 cm³/mol. The van der Waals surface area contributed by atoms with Crippen LogP contribution in [0.4, 0.5) is 5.82 Å². The number of benzene rings is 1. The van der Waals surface area contributed by atoms with Crippen molar-refractivity contribution in [1.82, 2.24) is 5.16 Å². The number of hydrogen-bond acceptors (Lipinski definition) is 3. The van der Waals surface area contributed by atoms with Gasteiger partial charge in [0.2, 0.25) is 0 Å². The van der Waals surface area contributed by atoms with E-state index in [9.17, 15) is 4.79 Å². The Labute approximate surface area is 112 Å². The van der Waals surface area contributed by atoms with E-state index in [2.05, 4.69) is 17.4 Å². The largest absolute Gasteiger partial charge is 0.362 e. The molecule has 0 unspecified atom stereocenters. The van der Waals surface area contributed by atoms with E-state index in [-0.39, 0.29) is 5.91 Å². The number of carbonyl (C=O) groups is 1. The van der Waals surface area contributed by atoms with Crippen LogP contribution in [0, 0.1) is 13.8 Å². The van der Waals surface area contributed by atoms with Crippen molar-refractivity contribution < 1.29 is 9.32 Å². The molecule has 0 atom stereocenters. The van der Waals surface area contributed by atoms with Gasteiger partial charge in [0.1, 0.15) is 6.26 Å². The van der Waals surface area contributed by atoms with Crippen molar-refractivity contribution in [2.75, 3.05) is 5.32 Å². The zero-order chi connectivity index (χ0) is 13.8. The van der Waals surface area contributed by atoms with Gasteiger partial charge in [0, 0.05) is 11.1 Å². The summed E-state index contributed by atoms with van der Waals surface area (Å²) < 4.78 is 4.92. The Bertz CT molecular complexity index is 588. The van der Waals surface area contributed by atoms with Crippen LogP contribution in [-0.4, -0.2) is 11.1 Å². The summed E-state index contributed by atoms with van der Waals surface area (Å²) in [4.78, 5) is 12.2. The average Bonchev–Trinajstić information content (AvgIpc) is 2.77. The quantitative estimate of drug-likeness (QED) is 0.913. The van der Waals surface area contributed by atoms with Crippen molar-refractivity contribution in [3.8, 4) is 0 Å². The molecular formula is C15H18N2O2. The fourth-order valence-corrected chi connectivity index (χ4v) is 2.05. The predicted octanol–water partition coefficient (Wildman–Crippen LogP) is 3.50. The monoisotopic (exact) mass is 258 g/mol. The molecule has 1 aromatic heterocycles. The highest BCUT2D eigenvalue weighted by Gasteiger charge is 2.13. The molecule has 0 aliphatic carbocycles. The minimum atomic E-state index is -0.149. The molecule has 1 N–H and O–H groups in total. The highest BCUT2D eigenvalue weighted by molar-refractivity contribution is 6.05. The molecule has 4 heteroatoms. The molecule has 0 radical (unpaired) electrons. The van der Waals surface area contributed by atoms with E-state index in [4.69, 9.17) is 4.52 Å². The van der Waals surface area contributed by atoms with Gasteiger partial charge in [-0.3, -0.25) is 4.79 Å². The molecule has 0 spiro atoms. The first-order chi connectivity index (χ1) is 9.11. The lowest BCUT2D eigenvalue weighted by Crippen LogP contribution is -2.14. The van der Waals surface area contributed by atoms with Gasteiger partial charge in [0.05, 0.1) is 0 Å². The molecule has 0 bridgehead atoms. The Morgan fingerprint density at radius 2 is 2.16 bits per heavy atom. The molecule has 0 fully saturated rings. The Balaban J connectivity index is 2.18. The van der Waals surface area contributed by atoms with Gasteiger partial charge < -0.3 is 9.84 Å². The van der Waals surface area contributed by atoms with Gasteiger partial charge in [-0.25, -0.2) is 0 Å². The number of nitrogens with zero attached hydrogens (tertiary/aromatic N) is 1. The number of carbonyl (C=O) groups excluding carboxylic acids is 1. The second kappa shape index (κ2) is 5.69. The van der Waals surface area contributed by atoms with Crippen LogP contribution in [0.5, 0.6) is 0 Å². The van der Waals surface area contributed by atoms with E-state index in [0.29, 0.717) is 11.4 Å². The number of anilines is 1. The first kappa shape index (κ1) is 13.3. The van der Waals surface area contributed by atoms with E-state index in [1.807, 2.05) is 32.0 Å². The van der Waals surface area contributed by atoms with Crippen LogP contribution in [0.1, 0.15) is 40.4 Å². The number of amides is 1. The summed E-state index contributed by atoms with van der Waals surface area (Å²) >= 11 is 0. The molecule has 2 aromatic rings. The van der Waals surface area contributed by atoms with Gasteiger partial charge in [0.25, 0.3) is 5.91 Å². The lowest BCUT2D eigenvalue weighted by atomic mass is 10.1. The van der Waals surface area contributed by atoms with Crippen LogP contribution >= 0.6 is 0 Å². The van der Waals surface area contributed by atoms with Gasteiger partial charge in [-0.1, -0.05) is 36.2 Å². The number of aryl methyl sites for hydroxylation is 3. The third-order valence-corrected chi connectivity index (χ3v) is 3.02. The summed E-state index contributed by atoms with van der Waals surface area (Å²) in [5, 5.41) is 6.65. The first-order valence-electron chi connectivity index (χ1n) is 6.43. The van der Waals surface area contributed by atoms with Crippen molar-refractivity contribution in [3.63, 3.8) is 0 Å². The van der Waals surface area contributed by atoms with E-state index in [1.54, 1.807) is 6.26 Å². The minimum absolute atomic E-state index is 0.149. The summed E-state index contributed by atoms with van der Waals surface area (Å²) in [6.07, 6.45) is 3.40. The molecule has 100 valence electrons. The number of rotatable bonds is 4. The molecule has 4 nitrogen and oxygen atoms in total. The summed E-state index contributed by atoms with van der Waals surface area (Å²) in [5.74, 6) is 0.371. The summed E-state index contributed by atoms with van der Waals surface area (Å²) in [6.45, 7) is 6.01. The van der Waals surface area contributed by atoms with Crippen LogP contribution in [-0.2, 0) is 6.42 Å². The van der Waals surface area contributed by atoms with Crippen LogP contribution < -0.4 is 5.32 Å². The lowest BCUT2D eigenvalue weighted by Gasteiger charge is -2.07. The second-order valence-electron chi connectivity index (χ2n) is 4.71. The first-order valence-corrected chi connectivity index (χ1v) is 6.43. The minimum Gasteiger partial charge on any atom is -0.362 e. The molecule has 0 aliphatic heterocycles. The molecule has 1 heterocycles. The number of nitrogens with one attached hydrogen (secondary N) is 1. The van der Waals surface area contributed by atoms with E-state index < -0.39 is 0 Å². The third kappa shape index (κ3) is 3.02. The van der Waals surface area contributed by atoms with Crippen molar-refractivity contribution in [1.29, 1.82) is 0 Å². The molecule has 2 rings (SSSR count). The third-order valence-electron chi connectivity index (χ3n) is 3.02. The van der Waals surface area contributed by atoms with E-state index in [1.165, 1.54) is 0 Å². The summed E-state index contributed by atoms with van der Waals surface area (Å²) in [5.41, 5.74) is 3.69. The maximum atomic E-state index is 12.2. The van der Waals surface area contributed by atoms with Crippen molar-refractivity contribution in [2.45, 2.75) is 33.6 Å². The van der Waals surface area contributed by atoms with Crippen molar-refractivity contribution in [2.24, 2.45) is 0 Å². The summed E-state index contributed by atoms with van der Waals surface area (Å²) in [6, 6.07) is 5.75. The van der Waals surface area contributed by atoms with E-state index >= 15 is 0 Å².